The molecule has 1 unspecified atom stereocenters. The quantitative estimate of drug-likeness (QED) is 0.832. The van der Waals surface area contributed by atoms with Gasteiger partial charge in [-0.2, -0.15) is 0 Å². The zero-order valence-electron chi connectivity index (χ0n) is 9.72. The number of rotatable bonds is 3. The van der Waals surface area contributed by atoms with Gasteiger partial charge in [-0.3, -0.25) is 4.98 Å². The van der Waals surface area contributed by atoms with Crippen LogP contribution in [-0.4, -0.2) is 30.8 Å². The average molecular weight is 221 g/mol. The Balaban J connectivity index is 2.16. The first kappa shape index (κ1) is 11.4. The highest BCUT2D eigenvalue weighted by molar-refractivity contribution is 5.50. The number of anilines is 1. The monoisotopic (exact) mass is 221 g/mol. The Morgan fingerprint density at radius 2 is 2.50 bits per heavy atom. The lowest BCUT2D eigenvalue weighted by Crippen LogP contribution is -2.42. The number of ether oxygens (including phenoxy) is 1. The number of nitrogens with zero attached hydrogens (tertiary/aromatic N) is 2. The summed E-state index contributed by atoms with van der Waals surface area (Å²) in [6.45, 7) is 5.30. The summed E-state index contributed by atoms with van der Waals surface area (Å²) in [6.07, 6.45) is 3.18. The van der Waals surface area contributed by atoms with Crippen molar-refractivity contribution in [1.29, 1.82) is 0 Å². The molecule has 2 N–H and O–H groups in total. The van der Waals surface area contributed by atoms with Crippen LogP contribution >= 0.6 is 0 Å². The predicted molar refractivity (Wildman–Crippen MR) is 64.4 cm³/mol. The molecule has 1 aromatic rings. The summed E-state index contributed by atoms with van der Waals surface area (Å²) in [5, 5.41) is 0. The van der Waals surface area contributed by atoms with Gasteiger partial charge in [-0.1, -0.05) is 6.92 Å². The van der Waals surface area contributed by atoms with E-state index in [9.17, 15) is 0 Å². The van der Waals surface area contributed by atoms with Gasteiger partial charge in [0.15, 0.2) is 0 Å². The average Bonchev–Trinajstić information content (AvgIpc) is 2.38. The van der Waals surface area contributed by atoms with Gasteiger partial charge in [0.2, 0.25) is 0 Å². The third-order valence-corrected chi connectivity index (χ3v) is 2.99. The molecule has 0 spiro atoms. The van der Waals surface area contributed by atoms with Gasteiger partial charge in [0.25, 0.3) is 0 Å². The lowest BCUT2D eigenvalue weighted by molar-refractivity contribution is 0.0383. The standard InChI is InChI=1S/C12H19N3O/c1-2-10-9-15(6-7-16-10)12-4-3-5-14-11(12)8-13/h3-5,10H,2,6-9,13H2,1H3. The molecule has 0 radical (unpaired) electrons. The van der Waals surface area contributed by atoms with E-state index in [1.807, 2.05) is 6.07 Å². The van der Waals surface area contributed by atoms with Crippen LogP contribution in [0.2, 0.25) is 0 Å². The Kier molecular flexibility index (Phi) is 3.74. The lowest BCUT2D eigenvalue weighted by Gasteiger charge is -2.34. The minimum atomic E-state index is 0.333. The normalized spacial score (nSPS) is 21.1. The molecular weight excluding hydrogens is 202 g/mol. The SMILES string of the molecule is CCC1CN(c2cccnc2CN)CCO1. The fraction of sp³-hybridized carbons (Fsp3) is 0.583. The molecule has 0 amide bonds. The fourth-order valence-electron chi connectivity index (χ4n) is 2.06. The van der Waals surface area contributed by atoms with Gasteiger partial charge in [0.1, 0.15) is 0 Å². The molecule has 16 heavy (non-hydrogen) atoms. The van der Waals surface area contributed by atoms with E-state index in [0.717, 1.165) is 37.5 Å². The van der Waals surface area contributed by atoms with Crippen LogP contribution in [0.4, 0.5) is 5.69 Å². The smallest absolute Gasteiger partial charge is 0.0772 e. The minimum Gasteiger partial charge on any atom is -0.375 e. The molecular formula is C12H19N3O. The van der Waals surface area contributed by atoms with Gasteiger partial charge in [-0.25, -0.2) is 0 Å². The summed E-state index contributed by atoms with van der Waals surface area (Å²) in [6, 6.07) is 4.05. The zero-order valence-corrected chi connectivity index (χ0v) is 9.72. The van der Waals surface area contributed by atoms with Crippen LogP contribution in [-0.2, 0) is 11.3 Å². The predicted octanol–water partition coefficient (Wildman–Crippen LogP) is 1.16. The van der Waals surface area contributed by atoms with Crippen molar-refractivity contribution in [2.45, 2.75) is 26.0 Å². The molecule has 0 aromatic carbocycles. The molecule has 0 bridgehead atoms. The Morgan fingerprint density at radius 1 is 1.62 bits per heavy atom. The highest BCUT2D eigenvalue weighted by atomic mass is 16.5. The molecule has 2 heterocycles. The van der Waals surface area contributed by atoms with Crippen LogP contribution < -0.4 is 10.6 Å². The topological polar surface area (TPSA) is 51.4 Å². The molecule has 0 aliphatic carbocycles. The largest absolute Gasteiger partial charge is 0.375 e. The third-order valence-electron chi connectivity index (χ3n) is 2.99. The highest BCUT2D eigenvalue weighted by Gasteiger charge is 2.20. The van der Waals surface area contributed by atoms with Gasteiger partial charge in [0.05, 0.1) is 24.1 Å². The summed E-state index contributed by atoms with van der Waals surface area (Å²) in [4.78, 5) is 6.64. The molecule has 1 saturated heterocycles. The van der Waals surface area contributed by atoms with Gasteiger partial charge in [0, 0.05) is 25.8 Å². The Bertz CT molecular complexity index is 343. The van der Waals surface area contributed by atoms with Crippen molar-refractivity contribution in [2.75, 3.05) is 24.6 Å². The Labute approximate surface area is 96.4 Å². The Morgan fingerprint density at radius 3 is 3.25 bits per heavy atom. The summed E-state index contributed by atoms with van der Waals surface area (Å²) >= 11 is 0. The van der Waals surface area contributed by atoms with E-state index in [-0.39, 0.29) is 0 Å². The summed E-state index contributed by atoms with van der Waals surface area (Å²) < 4.78 is 5.66. The first-order valence-electron chi connectivity index (χ1n) is 5.85. The van der Waals surface area contributed by atoms with Crippen LogP contribution in [0, 0.1) is 0 Å². The van der Waals surface area contributed by atoms with E-state index in [1.165, 1.54) is 0 Å². The van der Waals surface area contributed by atoms with E-state index in [4.69, 9.17) is 10.5 Å². The fourth-order valence-corrected chi connectivity index (χ4v) is 2.06. The molecule has 4 heteroatoms. The maximum Gasteiger partial charge on any atom is 0.0772 e. The first-order chi connectivity index (χ1) is 7.85. The molecule has 0 saturated carbocycles. The second-order valence-electron chi connectivity index (χ2n) is 4.02. The van der Waals surface area contributed by atoms with E-state index < -0.39 is 0 Å². The van der Waals surface area contributed by atoms with Crippen LogP contribution in [0.15, 0.2) is 18.3 Å². The Hall–Kier alpha value is -1.13. The molecule has 1 fully saturated rings. The van der Waals surface area contributed by atoms with Gasteiger partial charge in [-0.15, -0.1) is 0 Å². The number of hydrogen-bond donors (Lipinski definition) is 1. The van der Waals surface area contributed by atoms with Crippen molar-refractivity contribution in [3.63, 3.8) is 0 Å². The van der Waals surface area contributed by atoms with E-state index in [2.05, 4.69) is 22.9 Å². The molecule has 1 aliphatic heterocycles. The zero-order chi connectivity index (χ0) is 11.4. The van der Waals surface area contributed by atoms with Crippen molar-refractivity contribution >= 4 is 5.69 Å². The molecule has 88 valence electrons. The number of hydrogen-bond acceptors (Lipinski definition) is 4. The summed E-state index contributed by atoms with van der Waals surface area (Å²) in [5.41, 5.74) is 7.83. The molecule has 1 atom stereocenters. The van der Waals surface area contributed by atoms with Crippen LogP contribution in [0.3, 0.4) is 0 Å². The molecule has 2 rings (SSSR count). The summed E-state index contributed by atoms with van der Waals surface area (Å²) in [5.74, 6) is 0. The second kappa shape index (κ2) is 5.27. The van der Waals surface area contributed by atoms with Crippen molar-refractivity contribution < 1.29 is 4.74 Å². The van der Waals surface area contributed by atoms with Crippen LogP contribution in [0.1, 0.15) is 19.0 Å². The first-order valence-corrected chi connectivity index (χ1v) is 5.85. The number of morpholine rings is 1. The van der Waals surface area contributed by atoms with E-state index in [1.54, 1.807) is 6.20 Å². The number of nitrogens with two attached hydrogens (primary N) is 1. The lowest BCUT2D eigenvalue weighted by atomic mass is 10.2. The van der Waals surface area contributed by atoms with Crippen LogP contribution in [0.5, 0.6) is 0 Å². The maximum absolute atomic E-state index is 5.70. The summed E-state index contributed by atoms with van der Waals surface area (Å²) in [7, 11) is 0. The van der Waals surface area contributed by atoms with Gasteiger partial charge in [-0.05, 0) is 18.6 Å². The van der Waals surface area contributed by atoms with Crippen molar-refractivity contribution in [1.82, 2.24) is 4.98 Å². The van der Waals surface area contributed by atoms with E-state index >= 15 is 0 Å². The molecule has 1 aliphatic rings. The second-order valence-corrected chi connectivity index (χ2v) is 4.02. The highest BCUT2D eigenvalue weighted by Crippen LogP contribution is 2.21. The maximum atomic E-state index is 5.70. The van der Waals surface area contributed by atoms with Gasteiger partial charge < -0.3 is 15.4 Å². The van der Waals surface area contributed by atoms with Crippen molar-refractivity contribution in [2.24, 2.45) is 5.73 Å². The van der Waals surface area contributed by atoms with Gasteiger partial charge >= 0.3 is 0 Å². The third kappa shape index (κ3) is 2.33. The minimum absolute atomic E-state index is 0.333. The molecule has 1 aromatic heterocycles. The molecule has 4 nitrogen and oxygen atoms in total. The van der Waals surface area contributed by atoms with Crippen molar-refractivity contribution in [3.8, 4) is 0 Å². The van der Waals surface area contributed by atoms with E-state index in [0.29, 0.717) is 12.6 Å². The number of pyridine rings is 1. The van der Waals surface area contributed by atoms with Crippen LogP contribution in [0.25, 0.3) is 0 Å². The number of aromatic nitrogens is 1. The van der Waals surface area contributed by atoms with Crippen molar-refractivity contribution in [3.05, 3.63) is 24.0 Å².